The topological polar surface area (TPSA) is 24.9 Å². The maximum atomic E-state index is 4.23. The maximum Gasteiger partial charge on any atom is 0.0528 e. The quantitative estimate of drug-likeness (QED) is 0.766. The van der Waals surface area contributed by atoms with Crippen LogP contribution in [0, 0.1) is 6.92 Å². The van der Waals surface area contributed by atoms with Gasteiger partial charge in [-0.1, -0.05) is 13.3 Å². The predicted octanol–water partition coefficient (Wildman–Crippen LogP) is 2.99. The van der Waals surface area contributed by atoms with Crippen LogP contribution in [0.1, 0.15) is 32.4 Å². The SMILES string of the molecule is CCCC(C)Nc1ccc(C)nc1. The summed E-state index contributed by atoms with van der Waals surface area (Å²) in [7, 11) is 0. The highest BCUT2D eigenvalue weighted by Crippen LogP contribution is 2.09. The molecule has 13 heavy (non-hydrogen) atoms. The Morgan fingerprint density at radius 1 is 1.46 bits per heavy atom. The fourth-order valence-electron chi connectivity index (χ4n) is 1.34. The van der Waals surface area contributed by atoms with Gasteiger partial charge in [-0.3, -0.25) is 4.98 Å². The minimum absolute atomic E-state index is 0.537. The normalized spacial score (nSPS) is 12.5. The van der Waals surface area contributed by atoms with E-state index in [2.05, 4.69) is 30.2 Å². The van der Waals surface area contributed by atoms with Crippen molar-refractivity contribution in [1.29, 1.82) is 0 Å². The monoisotopic (exact) mass is 178 g/mol. The molecule has 1 aromatic heterocycles. The van der Waals surface area contributed by atoms with Gasteiger partial charge in [0.15, 0.2) is 0 Å². The summed E-state index contributed by atoms with van der Waals surface area (Å²) in [5.74, 6) is 0. The van der Waals surface area contributed by atoms with E-state index in [1.165, 1.54) is 12.8 Å². The van der Waals surface area contributed by atoms with E-state index < -0.39 is 0 Å². The summed E-state index contributed by atoms with van der Waals surface area (Å²) in [6.45, 7) is 6.40. The Hall–Kier alpha value is -1.05. The van der Waals surface area contributed by atoms with Crippen LogP contribution in [0.4, 0.5) is 5.69 Å². The van der Waals surface area contributed by atoms with Crippen molar-refractivity contribution in [1.82, 2.24) is 4.98 Å². The van der Waals surface area contributed by atoms with Gasteiger partial charge in [0.2, 0.25) is 0 Å². The Kier molecular flexibility index (Phi) is 3.74. The minimum Gasteiger partial charge on any atom is -0.381 e. The number of pyridine rings is 1. The molecule has 72 valence electrons. The molecular formula is C11H18N2. The van der Waals surface area contributed by atoms with Crippen LogP contribution in [0.25, 0.3) is 0 Å². The molecular weight excluding hydrogens is 160 g/mol. The Morgan fingerprint density at radius 3 is 2.77 bits per heavy atom. The molecule has 1 N–H and O–H groups in total. The van der Waals surface area contributed by atoms with Gasteiger partial charge in [-0.05, 0) is 32.4 Å². The zero-order valence-electron chi connectivity index (χ0n) is 8.67. The summed E-state index contributed by atoms with van der Waals surface area (Å²) in [4.78, 5) is 4.23. The van der Waals surface area contributed by atoms with Crippen molar-refractivity contribution >= 4 is 5.69 Å². The standard InChI is InChI=1S/C11H18N2/c1-4-5-10(3)13-11-7-6-9(2)12-8-11/h6-8,10,13H,4-5H2,1-3H3. The van der Waals surface area contributed by atoms with E-state index in [1.807, 2.05) is 19.2 Å². The second-order valence-corrected chi connectivity index (χ2v) is 3.52. The van der Waals surface area contributed by atoms with Crippen LogP contribution in [-0.2, 0) is 0 Å². The lowest BCUT2D eigenvalue weighted by molar-refractivity contribution is 0.690. The van der Waals surface area contributed by atoms with Crippen molar-refractivity contribution in [3.8, 4) is 0 Å². The third-order valence-corrected chi connectivity index (χ3v) is 2.05. The van der Waals surface area contributed by atoms with Gasteiger partial charge < -0.3 is 5.32 Å². The van der Waals surface area contributed by atoms with Crippen LogP contribution in [0.2, 0.25) is 0 Å². The molecule has 1 heterocycles. The zero-order chi connectivity index (χ0) is 9.68. The summed E-state index contributed by atoms with van der Waals surface area (Å²) in [5.41, 5.74) is 2.18. The Bertz CT molecular complexity index is 241. The van der Waals surface area contributed by atoms with Crippen molar-refractivity contribution in [2.45, 2.75) is 39.7 Å². The molecule has 0 bridgehead atoms. The lowest BCUT2D eigenvalue weighted by Crippen LogP contribution is -2.14. The Balaban J connectivity index is 2.49. The van der Waals surface area contributed by atoms with Gasteiger partial charge in [-0.25, -0.2) is 0 Å². The molecule has 1 aromatic rings. The first-order valence-electron chi connectivity index (χ1n) is 4.91. The molecule has 0 fully saturated rings. The average molecular weight is 178 g/mol. The summed E-state index contributed by atoms with van der Waals surface area (Å²) in [5, 5.41) is 3.41. The molecule has 0 amide bonds. The number of nitrogens with zero attached hydrogens (tertiary/aromatic N) is 1. The summed E-state index contributed by atoms with van der Waals surface area (Å²) < 4.78 is 0. The lowest BCUT2D eigenvalue weighted by Gasteiger charge is -2.13. The first-order valence-corrected chi connectivity index (χ1v) is 4.91. The molecule has 0 saturated heterocycles. The van der Waals surface area contributed by atoms with E-state index in [9.17, 15) is 0 Å². The van der Waals surface area contributed by atoms with E-state index in [0.29, 0.717) is 6.04 Å². The Labute approximate surface area is 80.4 Å². The second kappa shape index (κ2) is 4.85. The van der Waals surface area contributed by atoms with Crippen LogP contribution in [0.3, 0.4) is 0 Å². The number of aryl methyl sites for hydroxylation is 1. The number of hydrogen-bond acceptors (Lipinski definition) is 2. The molecule has 2 nitrogen and oxygen atoms in total. The number of hydrogen-bond donors (Lipinski definition) is 1. The molecule has 2 heteroatoms. The molecule has 0 radical (unpaired) electrons. The Morgan fingerprint density at radius 2 is 2.23 bits per heavy atom. The van der Waals surface area contributed by atoms with Gasteiger partial charge in [0.05, 0.1) is 11.9 Å². The van der Waals surface area contributed by atoms with Crippen LogP contribution >= 0.6 is 0 Å². The van der Waals surface area contributed by atoms with Gasteiger partial charge in [0, 0.05) is 11.7 Å². The van der Waals surface area contributed by atoms with E-state index in [0.717, 1.165) is 11.4 Å². The van der Waals surface area contributed by atoms with Crippen molar-refractivity contribution in [3.63, 3.8) is 0 Å². The molecule has 0 aliphatic heterocycles. The lowest BCUT2D eigenvalue weighted by atomic mass is 10.2. The third-order valence-electron chi connectivity index (χ3n) is 2.05. The van der Waals surface area contributed by atoms with Gasteiger partial charge in [-0.2, -0.15) is 0 Å². The highest BCUT2D eigenvalue weighted by Gasteiger charge is 1.99. The molecule has 1 atom stereocenters. The molecule has 0 saturated carbocycles. The van der Waals surface area contributed by atoms with Gasteiger partial charge in [0.1, 0.15) is 0 Å². The number of aromatic nitrogens is 1. The average Bonchev–Trinajstić information content (AvgIpc) is 2.09. The fraction of sp³-hybridized carbons (Fsp3) is 0.545. The van der Waals surface area contributed by atoms with E-state index in [4.69, 9.17) is 0 Å². The van der Waals surface area contributed by atoms with E-state index in [-0.39, 0.29) is 0 Å². The third kappa shape index (κ3) is 3.45. The number of rotatable bonds is 4. The number of anilines is 1. The highest BCUT2D eigenvalue weighted by molar-refractivity contribution is 5.41. The molecule has 0 aliphatic carbocycles. The van der Waals surface area contributed by atoms with E-state index in [1.54, 1.807) is 0 Å². The summed E-state index contributed by atoms with van der Waals surface area (Å²) >= 11 is 0. The van der Waals surface area contributed by atoms with E-state index >= 15 is 0 Å². The zero-order valence-corrected chi connectivity index (χ0v) is 8.67. The van der Waals surface area contributed by atoms with Crippen molar-refractivity contribution < 1.29 is 0 Å². The fourth-order valence-corrected chi connectivity index (χ4v) is 1.34. The molecule has 1 rings (SSSR count). The van der Waals surface area contributed by atoms with Gasteiger partial charge in [0.25, 0.3) is 0 Å². The first kappa shape index (κ1) is 10.0. The molecule has 0 aromatic carbocycles. The van der Waals surface area contributed by atoms with Crippen LogP contribution in [-0.4, -0.2) is 11.0 Å². The van der Waals surface area contributed by atoms with Crippen LogP contribution < -0.4 is 5.32 Å². The minimum atomic E-state index is 0.537. The number of nitrogens with one attached hydrogen (secondary N) is 1. The van der Waals surface area contributed by atoms with Crippen LogP contribution in [0.15, 0.2) is 18.3 Å². The summed E-state index contributed by atoms with van der Waals surface area (Å²) in [6, 6.07) is 4.64. The van der Waals surface area contributed by atoms with Gasteiger partial charge in [-0.15, -0.1) is 0 Å². The maximum absolute atomic E-state index is 4.23. The van der Waals surface area contributed by atoms with Crippen molar-refractivity contribution in [2.75, 3.05) is 5.32 Å². The molecule has 0 aliphatic rings. The van der Waals surface area contributed by atoms with Crippen LogP contribution in [0.5, 0.6) is 0 Å². The molecule has 1 unspecified atom stereocenters. The largest absolute Gasteiger partial charge is 0.381 e. The summed E-state index contributed by atoms with van der Waals surface area (Å²) in [6.07, 6.45) is 4.31. The van der Waals surface area contributed by atoms with Gasteiger partial charge >= 0.3 is 0 Å². The molecule has 0 spiro atoms. The smallest absolute Gasteiger partial charge is 0.0528 e. The second-order valence-electron chi connectivity index (χ2n) is 3.52. The van der Waals surface area contributed by atoms with Crippen molar-refractivity contribution in [2.24, 2.45) is 0 Å². The highest BCUT2D eigenvalue weighted by atomic mass is 14.9. The first-order chi connectivity index (χ1) is 6.22. The predicted molar refractivity (Wildman–Crippen MR) is 57.0 cm³/mol. The van der Waals surface area contributed by atoms with Crippen molar-refractivity contribution in [3.05, 3.63) is 24.0 Å².